The molecule has 2 heterocycles. The fraction of sp³-hybridized carbons (Fsp3) is 0.105. The summed E-state index contributed by atoms with van der Waals surface area (Å²) in [5, 5.41) is 0.739. The number of H-pyrrole nitrogens is 1. The van der Waals surface area contributed by atoms with Crippen LogP contribution in [0.5, 0.6) is 0 Å². The number of aromatic amines is 1. The van der Waals surface area contributed by atoms with E-state index in [0.29, 0.717) is 0 Å². The van der Waals surface area contributed by atoms with Crippen LogP contribution in [0.15, 0.2) is 59.2 Å². The zero-order valence-corrected chi connectivity index (χ0v) is 13.4. The minimum atomic E-state index is 0.739. The Balaban J connectivity index is 1.71. The Kier molecular flexibility index (Phi) is 3.43. The lowest BCUT2D eigenvalue weighted by Crippen LogP contribution is -1.91. The number of nitrogens with one attached hydrogen (secondary N) is 1. The van der Waals surface area contributed by atoms with Crippen molar-refractivity contribution in [3.63, 3.8) is 0 Å². The van der Waals surface area contributed by atoms with Crippen LogP contribution in [0.4, 0.5) is 0 Å². The van der Waals surface area contributed by atoms with Crippen molar-refractivity contribution in [2.45, 2.75) is 13.3 Å². The molecule has 0 saturated carbocycles. The first kappa shape index (κ1) is 14.1. The van der Waals surface area contributed by atoms with Gasteiger partial charge in [0.05, 0.1) is 17.3 Å². The zero-order valence-electron chi connectivity index (χ0n) is 12.6. The van der Waals surface area contributed by atoms with Crippen molar-refractivity contribution in [2.75, 3.05) is 0 Å². The summed E-state index contributed by atoms with van der Waals surface area (Å²) < 4.78 is 5.42. The molecule has 0 spiro atoms. The molecule has 2 aromatic heterocycles. The maximum Gasteiger partial charge on any atom is 0.133 e. The number of fused-ring (bicyclic) bond motifs is 1. The van der Waals surface area contributed by atoms with E-state index in [9.17, 15) is 0 Å². The summed E-state index contributed by atoms with van der Waals surface area (Å²) in [6.07, 6.45) is 2.41. The van der Waals surface area contributed by atoms with Crippen LogP contribution >= 0.6 is 11.6 Å². The number of benzene rings is 2. The maximum atomic E-state index is 6.48. The van der Waals surface area contributed by atoms with Gasteiger partial charge in [-0.3, -0.25) is 0 Å². The van der Waals surface area contributed by atoms with Crippen molar-refractivity contribution in [3.8, 4) is 11.3 Å². The van der Waals surface area contributed by atoms with E-state index in [2.05, 4.69) is 22.1 Å². The molecule has 3 nitrogen and oxygen atoms in total. The van der Waals surface area contributed by atoms with Gasteiger partial charge in [0, 0.05) is 17.0 Å². The number of imidazole rings is 1. The van der Waals surface area contributed by atoms with E-state index in [-0.39, 0.29) is 0 Å². The number of para-hydroxylation sites is 1. The third-order valence-corrected chi connectivity index (χ3v) is 4.31. The van der Waals surface area contributed by atoms with Crippen LogP contribution in [-0.4, -0.2) is 9.97 Å². The molecule has 1 N–H and O–H groups in total. The van der Waals surface area contributed by atoms with E-state index in [1.165, 1.54) is 5.56 Å². The lowest BCUT2D eigenvalue weighted by molar-refractivity contribution is 0.582. The molecule has 0 unspecified atom stereocenters. The van der Waals surface area contributed by atoms with E-state index in [0.717, 1.165) is 45.2 Å². The molecule has 0 atom stereocenters. The smallest absolute Gasteiger partial charge is 0.133 e. The highest BCUT2D eigenvalue weighted by Gasteiger charge is 2.10. The predicted octanol–water partition coefficient (Wildman–Crippen LogP) is 5.38. The van der Waals surface area contributed by atoms with Crippen LogP contribution in [0.3, 0.4) is 0 Å². The first-order valence-corrected chi connectivity index (χ1v) is 7.85. The van der Waals surface area contributed by atoms with Gasteiger partial charge < -0.3 is 9.40 Å². The third-order valence-electron chi connectivity index (χ3n) is 3.95. The number of aryl methyl sites for hydroxylation is 1. The van der Waals surface area contributed by atoms with E-state index >= 15 is 0 Å². The normalized spacial score (nSPS) is 11.2. The SMILES string of the molecule is Cc1nc2c(Cc3ccc(-c4ccco4)cc3Cl)cccc2[nH]1. The quantitative estimate of drug-likeness (QED) is 0.550. The highest BCUT2D eigenvalue weighted by atomic mass is 35.5. The Morgan fingerprint density at radius 2 is 2.00 bits per heavy atom. The summed E-state index contributed by atoms with van der Waals surface area (Å²) in [5.41, 5.74) is 5.30. The van der Waals surface area contributed by atoms with Gasteiger partial charge in [0.2, 0.25) is 0 Å². The van der Waals surface area contributed by atoms with E-state index in [1.807, 2.05) is 43.3 Å². The topological polar surface area (TPSA) is 41.8 Å². The van der Waals surface area contributed by atoms with Gasteiger partial charge >= 0.3 is 0 Å². The summed E-state index contributed by atoms with van der Waals surface area (Å²) in [7, 11) is 0. The highest BCUT2D eigenvalue weighted by Crippen LogP contribution is 2.28. The largest absolute Gasteiger partial charge is 0.464 e. The molecule has 0 aliphatic heterocycles. The van der Waals surface area contributed by atoms with Crippen molar-refractivity contribution in [3.05, 3.63) is 76.8 Å². The lowest BCUT2D eigenvalue weighted by Gasteiger charge is -2.07. The summed E-state index contributed by atoms with van der Waals surface area (Å²) in [6, 6.07) is 16.0. The van der Waals surface area contributed by atoms with E-state index in [4.69, 9.17) is 16.0 Å². The molecule has 0 fully saturated rings. The molecular formula is C19H15ClN2O. The molecule has 2 aromatic carbocycles. The van der Waals surface area contributed by atoms with Crippen molar-refractivity contribution in [1.29, 1.82) is 0 Å². The summed E-state index contributed by atoms with van der Waals surface area (Å²) in [5.74, 6) is 1.75. The molecular weight excluding hydrogens is 308 g/mol. The van der Waals surface area contributed by atoms with Gasteiger partial charge in [-0.1, -0.05) is 35.9 Å². The number of nitrogens with zero attached hydrogens (tertiary/aromatic N) is 1. The van der Waals surface area contributed by atoms with Crippen molar-refractivity contribution in [2.24, 2.45) is 0 Å². The molecule has 0 aliphatic carbocycles. The number of furan rings is 1. The van der Waals surface area contributed by atoms with E-state index in [1.54, 1.807) is 6.26 Å². The van der Waals surface area contributed by atoms with Crippen molar-refractivity contribution < 1.29 is 4.42 Å². The van der Waals surface area contributed by atoms with Gasteiger partial charge in [0.1, 0.15) is 11.6 Å². The zero-order chi connectivity index (χ0) is 15.8. The van der Waals surface area contributed by atoms with Crippen LogP contribution in [0.2, 0.25) is 5.02 Å². The predicted molar refractivity (Wildman–Crippen MR) is 92.8 cm³/mol. The second-order valence-corrected chi connectivity index (χ2v) is 6.00. The molecule has 0 aliphatic rings. The van der Waals surface area contributed by atoms with Crippen LogP contribution in [-0.2, 0) is 6.42 Å². The minimum absolute atomic E-state index is 0.739. The minimum Gasteiger partial charge on any atom is -0.464 e. The molecule has 0 saturated heterocycles. The lowest BCUT2D eigenvalue weighted by atomic mass is 10.0. The Morgan fingerprint density at radius 1 is 1.09 bits per heavy atom. The number of hydrogen-bond donors (Lipinski definition) is 1. The highest BCUT2D eigenvalue weighted by molar-refractivity contribution is 6.31. The first-order valence-electron chi connectivity index (χ1n) is 7.47. The monoisotopic (exact) mass is 322 g/mol. The van der Waals surface area contributed by atoms with E-state index < -0.39 is 0 Å². The van der Waals surface area contributed by atoms with Gasteiger partial charge in [0.15, 0.2) is 0 Å². The van der Waals surface area contributed by atoms with Crippen molar-refractivity contribution >= 4 is 22.6 Å². The fourth-order valence-electron chi connectivity index (χ4n) is 2.85. The van der Waals surface area contributed by atoms with Crippen molar-refractivity contribution in [1.82, 2.24) is 9.97 Å². The molecule has 4 rings (SSSR count). The average Bonchev–Trinajstić information content (AvgIpc) is 3.18. The Hall–Kier alpha value is -2.52. The number of rotatable bonds is 3. The fourth-order valence-corrected chi connectivity index (χ4v) is 3.10. The molecule has 0 bridgehead atoms. The van der Waals surface area contributed by atoms with Gasteiger partial charge in [-0.15, -0.1) is 0 Å². The van der Waals surface area contributed by atoms with Crippen LogP contribution < -0.4 is 0 Å². The first-order chi connectivity index (χ1) is 11.2. The summed E-state index contributed by atoms with van der Waals surface area (Å²) in [6.45, 7) is 1.97. The second-order valence-electron chi connectivity index (χ2n) is 5.60. The molecule has 4 aromatic rings. The van der Waals surface area contributed by atoms with Gasteiger partial charge in [-0.05, 0) is 42.3 Å². The second kappa shape index (κ2) is 5.60. The third kappa shape index (κ3) is 2.64. The molecule has 0 amide bonds. The van der Waals surface area contributed by atoms with Crippen LogP contribution in [0, 0.1) is 6.92 Å². The Labute approximate surface area is 138 Å². The van der Waals surface area contributed by atoms with Gasteiger partial charge in [-0.2, -0.15) is 0 Å². The molecule has 23 heavy (non-hydrogen) atoms. The Bertz CT molecular complexity index is 970. The van der Waals surface area contributed by atoms with Gasteiger partial charge in [0.25, 0.3) is 0 Å². The standard InChI is InChI=1S/C19H15ClN2O/c1-12-21-17-5-2-4-15(19(17)22-12)10-13-7-8-14(11-16(13)20)18-6-3-9-23-18/h2-9,11H,10H2,1H3,(H,21,22). The van der Waals surface area contributed by atoms with Crippen LogP contribution in [0.25, 0.3) is 22.4 Å². The maximum absolute atomic E-state index is 6.48. The van der Waals surface area contributed by atoms with Crippen LogP contribution in [0.1, 0.15) is 17.0 Å². The number of hydrogen-bond acceptors (Lipinski definition) is 2. The summed E-state index contributed by atoms with van der Waals surface area (Å²) >= 11 is 6.48. The molecule has 0 radical (unpaired) electrons. The Morgan fingerprint density at radius 3 is 2.78 bits per heavy atom. The summed E-state index contributed by atoms with van der Waals surface area (Å²) in [4.78, 5) is 7.85. The molecule has 114 valence electrons. The van der Waals surface area contributed by atoms with Gasteiger partial charge in [-0.25, -0.2) is 4.98 Å². The average molecular weight is 323 g/mol. The number of aromatic nitrogens is 2. The number of halogens is 1. The molecule has 4 heteroatoms.